The lowest BCUT2D eigenvalue weighted by Crippen LogP contribution is -2.07. The lowest BCUT2D eigenvalue weighted by Gasteiger charge is -2.14. The highest BCUT2D eigenvalue weighted by Crippen LogP contribution is 2.43. The molecule has 0 aliphatic heterocycles. The zero-order chi connectivity index (χ0) is 19.7. The summed E-state index contributed by atoms with van der Waals surface area (Å²) >= 11 is 0. The zero-order valence-corrected chi connectivity index (χ0v) is 16.1. The molecule has 0 aliphatic rings. The van der Waals surface area contributed by atoms with E-state index in [-0.39, 0.29) is 0 Å². The van der Waals surface area contributed by atoms with E-state index in [1.807, 2.05) is 18.2 Å². The van der Waals surface area contributed by atoms with Crippen LogP contribution in [-0.2, 0) is 11.3 Å². The van der Waals surface area contributed by atoms with Crippen molar-refractivity contribution in [1.29, 1.82) is 0 Å². The summed E-state index contributed by atoms with van der Waals surface area (Å²) in [6.07, 6.45) is 1.73. The van der Waals surface area contributed by atoms with E-state index in [1.54, 1.807) is 33.3 Å². The maximum Gasteiger partial charge on any atom is 0.338 e. The molecular formula is C22H23NO4. The molecule has 1 heterocycles. The van der Waals surface area contributed by atoms with Gasteiger partial charge in [0.1, 0.15) is 11.5 Å². The SMILES string of the molecule is C=Cc1c(OC)cc2c3cc(OC(=O)C(=C)C)ccc3n(CC)c2c1OC. The van der Waals surface area contributed by atoms with Gasteiger partial charge in [0.05, 0.1) is 25.3 Å². The maximum atomic E-state index is 11.9. The molecule has 27 heavy (non-hydrogen) atoms. The quantitative estimate of drug-likeness (QED) is 0.352. The number of aryl methyl sites for hydroxylation is 1. The molecule has 3 rings (SSSR count). The standard InChI is InChI=1S/C22H23NO4/c1-7-15-19(25-5)12-17-16-11-14(27-22(24)13(3)4)9-10-18(16)23(8-2)20(17)21(15)26-6/h7,9-12H,1,3,8H2,2,4-6H3. The summed E-state index contributed by atoms with van der Waals surface area (Å²) in [5.41, 5.74) is 3.13. The minimum atomic E-state index is -0.447. The first-order valence-corrected chi connectivity index (χ1v) is 8.67. The average molecular weight is 365 g/mol. The normalized spacial score (nSPS) is 10.8. The Balaban J connectivity index is 2.37. The largest absolute Gasteiger partial charge is 0.496 e. The van der Waals surface area contributed by atoms with Crippen molar-refractivity contribution in [2.24, 2.45) is 0 Å². The molecule has 1 aromatic heterocycles. The average Bonchev–Trinajstić information content (AvgIpc) is 2.98. The Kier molecular flexibility index (Phi) is 4.95. The molecule has 5 heteroatoms. The van der Waals surface area contributed by atoms with Crippen molar-refractivity contribution < 1.29 is 19.0 Å². The number of nitrogens with zero attached hydrogens (tertiary/aromatic N) is 1. The van der Waals surface area contributed by atoms with E-state index in [2.05, 4.69) is 24.6 Å². The number of hydrogen-bond acceptors (Lipinski definition) is 4. The highest BCUT2D eigenvalue weighted by molar-refractivity contribution is 6.12. The van der Waals surface area contributed by atoms with Gasteiger partial charge in [0.15, 0.2) is 5.75 Å². The molecule has 2 aromatic carbocycles. The summed E-state index contributed by atoms with van der Waals surface area (Å²) in [5.74, 6) is 1.40. The zero-order valence-electron chi connectivity index (χ0n) is 16.1. The summed E-state index contributed by atoms with van der Waals surface area (Å²) in [6, 6.07) is 7.55. The second-order valence-electron chi connectivity index (χ2n) is 6.22. The number of fused-ring (bicyclic) bond motifs is 3. The smallest absolute Gasteiger partial charge is 0.338 e. The molecule has 0 unspecified atom stereocenters. The molecule has 3 aromatic rings. The fourth-order valence-corrected chi connectivity index (χ4v) is 3.35. The van der Waals surface area contributed by atoms with Crippen LogP contribution in [0.1, 0.15) is 19.4 Å². The number of rotatable bonds is 6. The third-order valence-electron chi connectivity index (χ3n) is 4.58. The Hall–Kier alpha value is -3.21. The molecule has 0 N–H and O–H groups in total. The molecule has 0 amide bonds. The lowest BCUT2D eigenvalue weighted by molar-refractivity contribution is -0.130. The van der Waals surface area contributed by atoms with Gasteiger partial charge >= 0.3 is 5.97 Å². The van der Waals surface area contributed by atoms with Crippen LogP contribution in [0.25, 0.3) is 27.9 Å². The fraction of sp³-hybridized carbons (Fsp3) is 0.227. The van der Waals surface area contributed by atoms with Gasteiger partial charge < -0.3 is 18.8 Å². The van der Waals surface area contributed by atoms with Crippen molar-refractivity contribution in [3.8, 4) is 17.2 Å². The highest BCUT2D eigenvalue weighted by Gasteiger charge is 2.20. The van der Waals surface area contributed by atoms with Crippen LogP contribution in [0.15, 0.2) is 43.0 Å². The number of methoxy groups -OCH3 is 2. The number of carbonyl (C=O) groups excluding carboxylic acids is 1. The Morgan fingerprint density at radius 1 is 1.19 bits per heavy atom. The summed E-state index contributed by atoms with van der Waals surface area (Å²) in [7, 11) is 3.26. The molecule has 140 valence electrons. The molecule has 5 nitrogen and oxygen atoms in total. The van der Waals surface area contributed by atoms with Crippen LogP contribution in [-0.4, -0.2) is 24.8 Å². The molecule has 0 atom stereocenters. The molecule has 0 bridgehead atoms. The number of ether oxygens (including phenoxy) is 3. The van der Waals surface area contributed by atoms with Crippen LogP contribution in [0.5, 0.6) is 17.2 Å². The number of hydrogen-bond donors (Lipinski definition) is 0. The van der Waals surface area contributed by atoms with Crippen molar-refractivity contribution in [3.05, 3.63) is 48.6 Å². The van der Waals surface area contributed by atoms with Crippen LogP contribution >= 0.6 is 0 Å². The van der Waals surface area contributed by atoms with Gasteiger partial charge in [-0.05, 0) is 38.1 Å². The Morgan fingerprint density at radius 3 is 2.48 bits per heavy atom. The van der Waals surface area contributed by atoms with Crippen LogP contribution in [0, 0.1) is 0 Å². The first-order chi connectivity index (χ1) is 13.0. The molecular weight excluding hydrogens is 342 g/mol. The monoisotopic (exact) mass is 365 g/mol. The van der Waals surface area contributed by atoms with E-state index in [0.717, 1.165) is 33.9 Å². The van der Waals surface area contributed by atoms with Gasteiger partial charge in [-0.1, -0.05) is 19.2 Å². The lowest BCUT2D eigenvalue weighted by atomic mass is 10.1. The second-order valence-corrected chi connectivity index (χ2v) is 6.22. The first-order valence-electron chi connectivity index (χ1n) is 8.67. The van der Waals surface area contributed by atoms with E-state index < -0.39 is 5.97 Å². The van der Waals surface area contributed by atoms with Gasteiger partial charge in [-0.3, -0.25) is 0 Å². The van der Waals surface area contributed by atoms with E-state index in [1.165, 1.54) is 0 Å². The van der Waals surface area contributed by atoms with Crippen molar-refractivity contribution in [3.63, 3.8) is 0 Å². The number of benzene rings is 2. The number of esters is 1. The van der Waals surface area contributed by atoms with Gasteiger partial charge in [0.25, 0.3) is 0 Å². The first kappa shape index (κ1) is 18.6. The van der Waals surface area contributed by atoms with Crippen molar-refractivity contribution in [1.82, 2.24) is 4.57 Å². The van der Waals surface area contributed by atoms with E-state index in [9.17, 15) is 4.79 Å². The molecule has 0 radical (unpaired) electrons. The Morgan fingerprint density at radius 2 is 1.93 bits per heavy atom. The number of carbonyl (C=O) groups is 1. The van der Waals surface area contributed by atoms with Crippen LogP contribution in [0.4, 0.5) is 0 Å². The summed E-state index contributed by atoms with van der Waals surface area (Å²) in [6.45, 7) is 12.0. The molecule has 0 fully saturated rings. The van der Waals surface area contributed by atoms with Crippen LogP contribution < -0.4 is 14.2 Å². The molecule has 0 saturated carbocycles. The molecule has 0 spiro atoms. The minimum Gasteiger partial charge on any atom is -0.496 e. The minimum absolute atomic E-state index is 0.352. The third-order valence-corrected chi connectivity index (χ3v) is 4.58. The maximum absolute atomic E-state index is 11.9. The molecule has 0 saturated heterocycles. The van der Waals surface area contributed by atoms with E-state index >= 15 is 0 Å². The van der Waals surface area contributed by atoms with Gasteiger partial charge in [0.2, 0.25) is 0 Å². The molecule has 0 aliphatic carbocycles. The van der Waals surface area contributed by atoms with Crippen LogP contribution in [0.3, 0.4) is 0 Å². The number of aromatic nitrogens is 1. The Labute approximate surface area is 158 Å². The predicted octanol–water partition coefficient (Wildman–Crippen LogP) is 4.96. The third kappa shape index (κ3) is 2.95. The van der Waals surface area contributed by atoms with Crippen molar-refractivity contribution in [2.75, 3.05) is 14.2 Å². The van der Waals surface area contributed by atoms with Crippen molar-refractivity contribution in [2.45, 2.75) is 20.4 Å². The topological polar surface area (TPSA) is 49.7 Å². The fourth-order valence-electron chi connectivity index (χ4n) is 3.35. The summed E-state index contributed by atoms with van der Waals surface area (Å²) < 4.78 is 18.8. The van der Waals surface area contributed by atoms with Gasteiger partial charge in [0, 0.05) is 28.4 Å². The highest BCUT2D eigenvalue weighted by atomic mass is 16.5. The van der Waals surface area contributed by atoms with Gasteiger partial charge in [-0.25, -0.2) is 4.79 Å². The summed E-state index contributed by atoms with van der Waals surface area (Å²) in [5, 5.41) is 1.91. The van der Waals surface area contributed by atoms with E-state index in [4.69, 9.17) is 14.2 Å². The van der Waals surface area contributed by atoms with Gasteiger partial charge in [-0.2, -0.15) is 0 Å². The van der Waals surface area contributed by atoms with E-state index in [0.29, 0.717) is 22.8 Å². The van der Waals surface area contributed by atoms with Gasteiger partial charge in [-0.15, -0.1) is 0 Å². The Bertz CT molecular complexity index is 1080. The van der Waals surface area contributed by atoms with Crippen LogP contribution in [0.2, 0.25) is 0 Å². The second kappa shape index (κ2) is 7.19. The van der Waals surface area contributed by atoms with Crippen molar-refractivity contribution >= 4 is 33.9 Å². The summed E-state index contributed by atoms with van der Waals surface area (Å²) in [4.78, 5) is 11.9. The predicted molar refractivity (Wildman–Crippen MR) is 109 cm³/mol.